The van der Waals surface area contributed by atoms with Crippen molar-refractivity contribution < 1.29 is 0 Å². The Labute approximate surface area is 56.6 Å². The van der Waals surface area contributed by atoms with E-state index in [2.05, 4.69) is 28.2 Å². The van der Waals surface area contributed by atoms with E-state index in [1.165, 1.54) is 12.2 Å². The fourth-order valence-corrected chi connectivity index (χ4v) is 2.50. The molecular weight excluding hydrogens is 140 g/mol. The number of hydrogen-bond acceptors (Lipinski definition) is 3. The van der Waals surface area contributed by atoms with Crippen LogP contribution in [0.4, 0.5) is 0 Å². The molecule has 2 N–H and O–H groups in total. The maximum atomic E-state index is 4.43. The number of nitrogens with one attached hydrogen (secondary N) is 2. The van der Waals surface area contributed by atoms with Gasteiger partial charge >= 0.3 is 0 Å². The monoisotopic (exact) mass is 152 g/mol. The molecule has 0 spiro atoms. The van der Waals surface area contributed by atoms with Crippen LogP contribution in [0.1, 0.15) is 6.42 Å². The third-order valence-electron chi connectivity index (χ3n) is 1.14. The first-order valence-corrected chi connectivity index (χ1v) is 5.95. The van der Waals surface area contributed by atoms with E-state index in [9.17, 15) is 0 Å². The van der Waals surface area contributed by atoms with Gasteiger partial charge in [-0.25, -0.2) is 10.3 Å². The smallest absolute Gasteiger partial charge is 0.0116 e. The van der Waals surface area contributed by atoms with Crippen molar-refractivity contribution >= 4 is 20.9 Å². The SMILES string of the molecule is CS1(S)CCCNN1. The second-order valence-corrected chi connectivity index (χ2v) is 7.24. The Morgan fingerprint density at radius 2 is 2.38 bits per heavy atom. The highest BCUT2D eigenvalue weighted by Crippen LogP contribution is 2.45. The van der Waals surface area contributed by atoms with Gasteiger partial charge in [0.25, 0.3) is 0 Å². The van der Waals surface area contributed by atoms with Crippen LogP contribution in [0.15, 0.2) is 0 Å². The minimum Gasteiger partial charge on any atom is -0.249 e. The van der Waals surface area contributed by atoms with E-state index in [4.69, 9.17) is 0 Å². The minimum atomic E-state index is -0.749. The van der Waals surface area contributed by atoms with Crippen LogP contribution in [-0.4, -0.2) is 18.6 Å². The molecule has 2 nitrogen and oxygen atoms in total. The van der Waals surface area contributed by atoms with Gasteiger partial charge in [-0.05, 0) is 18.4 Å². The summed E-state index contributed by atoms with van der Waals surface area (Å²) >= 11 is 4.43. The van der Waals surface area contributed by atoms with Gasteiger partial charge in [0.2, 0.25) is 0 Å². The summed E-state index contributed by atoms with van der Waals surface area (Å²) in [6.07, 6.45) is 3.41. The molecule has 0 aromatic heterocycles. The summed E-state index contributed by atoms with van der Waals surface area (Å²) in [4.78, 5) is 3.16. The predicted molar refractivity (Wildman–Crippen MR) is 43.1 cm³/mol. The fraction of sp³-hybridized carbons (Fsp3) is 1.00. The summed E-state index contributed by atoms with van der Waals surface area (Å²) < 4.78 is 0. The normalized spacial score (nSPS) is 47.8. The Hall–Kier alpha value is 0.620. The Balaban J connectivity index is 2.33. The molecule has 0 radical (unpaired) electrons. The van der Waals surface area contributed by atoms with Crippen LogP contribution in [0.3, 0.4) is 0 Å². The topological polar surface area (TPSA) is 24.1 Å². The van der Waals surface area contributed by atoms with Gasteiger partial charge in [-0.1, -0.05) is 0 Å². The summed E-state index contributed by atoms with van der Waals surface area (Å²) in [5.74, 6) is 1.23. The maximum absolute atomic E-state index is 4.43. The molecule has 0 amide bonds. The zero-order chi connectivity index (χ0) is 6.04. The lowest BCUT2D eigenvalue weighted by Crippen LogP contribution is -2.39. The lowest BCUT2D eigenvalue weighted by atomic mass is 10.5. The lowest BCUT2D eigenvalue weighted by Gasteiger charge is -2.35. The van der Waals surface area contributed by atoms with Crippen LogP contribution in [0.2, 0.25) is 0 Å². The Kier molecular flexibility index (Phi) is 2.08. The molecule has 0 aliphatic carbocycles. The second kappa shape index (κ2) is 2.47. The maximum Gasteiger partial charge on any atom is 0.0116 e. The van der Waals surface area contributed by atoms with E-state index in [1.807, 2.05) is 0 Å². The van der Waals surface area contributed by atoms with Gasteiger partial charge < -0.3 is 0 Å². The molecular formula is C4H12N2S2. The number of thiol groups is 1. The molecule has 0 aromatic carbocycles. The van der Waals surface area contributed by atoms with Crippen LogP contribution in [-0.2, 0) is 0 Å². The fourth-order valence-electron chi connectivity index (χ4n) is 0.699. The molecule has 8 heavy (non-hydrogen) atoms. The third kappa shape index (κ3) is 1.85. The van der Waals surface area contributed by atoms with Crippen molar-refractivity contribution in [3.05, 3.63) is 0 Å². The molecule has 1 rings (SSSR count). The molecule has 0 bridgehead atoms. The molecule has 0 saturated carbocycles. The second-order valence-electron chi connectivity index (χ2n) is 2.13. The molecule has 1 atom stereocenters. The largest absolute Gasteiger partial charge is 0.249 e. The Morgan fingerprint density at radius 1 is 1.62 bits per heavy atom. The highest BCUT2D eigenvalue weighted by atomic mass is 33.1. The number of hydrogen-bond donors (Lipinski definition) is 3. The first-order valence-electron chi connectivity index (χ1n) is 2.69. The van der Waals surface area contributed by atoms with Crippen molar-refractivity contribution in [2.45, 2.75) is 6.42 Å². The van der Waals surface area contributed by atoms with Crippen LogP contribution in [0, 0.1) is 0 Å². The van der Waals surface area contributed by atoms with E-state index in [0.29, 0.717) is 0 Å². The van der Waals surface area contributed by atoms with Crippen molar-refractivity contribution in [3.63, 3.8) is 0 Å². The average Bonchev–Trinajstić information content (AvgIpc) is 1.65. The van der Waals surface area contributed by atoms with Crippen LogP contribution in [0.25, 0.3) is 0 Å². The van der Waals surface area contributed by atoms with Gasteiger partial charge in [-0.15, -0.1) is 20.9 Å². The summed E-state index contributed by atoms with van der Waals surface area (Å²) in [7, 11) is -0.749. The van der Waals surface area contributed by atoms with E-state index in [0.717, 1.165) is 6.54 Å². The van der Waals surface area contributed by atoms with Gasteiger partial charge in [0, 0.05) is 6.54 Å². The summed E-state index contributed by atoms with van der Waals surface area (Å²) in [5, 5.41) is 0. The molecule has 50 valence electrons. The zero-order valence-corrected chi connectivity index (χ0v) is 6.69. The predicted octanol–water partition coefficient (Wildman–Crippen LogP) is 0.679. The van der Waals surface area contributed by atoms with Crippen molar-refractivity contribution in [1.29, 1.82) is 0 Å². The molecule has 1 aliphatic rings. The van der Waals surface area contributed by atoms with E-state index in [1.54, 1.807) is 0 Å². The molecule has 1 aliphatic heterocycles. The van der Waals surface area contributed by atoms with E-state index >= 15 is 0 Å². The molecule has 1 unspecified atom stereocenters. The third-order valence-corrected chi connectivity index (χ3v) is 3.62. The molecule has 1 saturated heterocycles. The van der Waals surface area contributed by atoms with Crippen LogP contribution >= 0.6 is 20.9 Å². The number of hydrazine groups is 1. The zero-order valence-electron chi connectivity index (χ0n) is 4.98. The quantitative estimate of drug-likeness (QED) is 0.351. The highest BCUT2D eigenvalue weighted by Gasteiger charge is 2.14. The average molecular weight is 152 g/mol. The summed E-state index contributed by atoms with van der Waals surface area (Å²) in [6, 6.07) is 0. The standard InChI is InChI=1S/C4H12N2S2/c1-8(7)4-2-3-5-6-8/h5-7H,2-4H2,1H3. The Morgan fingerprint density at radius 3 is 2.62 bits per heavy atom. The highest BCUT2D eigenvalue weighted by molar-refractivity contribution is 8.86. The first-order chi connectivity index (χ1) is 3.71. The summed E-state index contributed by atoms with van der Waals surface area (Å²) in [6.45, 7) is 1.09. The minimum absolute atomic E-state index is 0.749. The van der Waals surface area contributed by atoms with E-state index in [-0.39, 0.29) is 0 Å². The van der Waals surface area contributed by atoms with Crippen molar-refractivity contribution in [2.75, 3.05) is 18.6 Å². The van der Waals surface area contributed by atoms with Gasteiger partial charge in [0.1, 0.15) is 0 Å². The van der Waals surface area contributed by atoms with Gasteiger partial charge in [-0.3, -0.25) is 0 Å². The number of rotatable bonds is 0. The van der Waals surface area contributed by atoms with Crippen molar-refractivity contribution in [3.8, 4) is 0 Å². The Bertz CT molecular complexity index is 76.1. The van der Waals surface area contributed by atoms with E-state index < -0.39 is 9.25 Å². The molecule has 4 heteroatoms. The van der Waals surface area contributed by atoms with Gasteiger partial charge in [-0.2, -0.15) is 0 Å². The van der Waals surface area contributed by atoms with Gasteiger partial charge in [0.15, 0.2) is 0 Å². The van der Waals surface area contributed by atoms with Crippen LogP contribution < -0.4 is 10.3 Å². The van der Waals surface area contributed by atoms with Crippen molar-refractivity contribution in [1.82, 2.24) is 10.3 Å². The molecule has 0 aromatic rings. The lowest BCUT2D eigenvalue weighted by molar-refractivity contribution is 0.641. The molecule has 1 heterocycles. The molecule has 1 fully saturated rings. The van der Waals surface area contributed by atoms with Crippen LogP contribution in [0.5, 0.6) is 0 Å². The summed E-state index contributed by atoms with van der Waals surface area (Å²) in [5.41, 5.74) is 3.09. The van der Waals surface area contributed by atoms with Gasteiger partial charge in [0.05, 0.1) is 0 Å². The van der Waals surface area contributed by atoms with Crippen molar-refractivity contribution in [2.24, 2.45) is 0 Å². The first kappa shape index (κ1) is 6.74.